The zero-order valence-electron chi connectivity index (χ0n) is 15.8. The summed E-state index contributed by atoms with van der Waals surface area (Å²) in [6.07, 6.45) is -4.58. The van der Waals surface area contributed by atoms with Crippen LogP contribution in [-0.2, 0) is 27.5 Å². The van der Waals surface area contributed by atoms with Crippen LogP contribution in [0.15, 0.2) is 58.2 Å². The maximum absolute atomic E-state index is 13.0. The number of aromatic amines is 1. The number of hydrogen-bond donors (Lipinski definition) is 1. The predicted octanol–water partition coefficient (Wildman–Crippen LogP) is 2.78. The predicted molar refractivity (Wildman–Crippen MR) is 103 cm³/mol. The molecule has 1 heterocycles. The Hall–Kier alpha value is -2.76. The molecule has 0 unspecified atom stereocenters. The van der Waals surface area contributed by atoms with Gasteiger partial charge in [0.1, 0.15) is 5.82 Å². The van der Waals surface area contributed by atoms with E-state index in [1.165, 1.54) is 7.11 Å². The lowest BCUT2D eigenvalue weighted by atomic mass is 10.2. The monoisotopic (exact) mass is 441 g/mol. The van der Waals surface area contributed by atoms with Crippen LogP contribution in [0, 0.1) is 0 Å². The molecule has 0 spiro atoms. The van der Waals surface area contributed by atoms with Gasteiger partial charge in [-0.15, -0.1) is 0 Å². The number of benzene rings is 2. The maximum atomic E-state index is 13.0. The average molecular weight is 441 g/mol. The zero-order chi connectivity index (χ0) is 21.9. The van der Waals surface area contributed by atoms with Crippen molar-refractivity contribution in [3.63, 3.8) is 0 Å². The molecule has 0 bridgehead atoms. The van der Waals surface area contributed by atoms with Crippen LogP contribution in [0.5, 0.6) is 0 Å². The molecule has 30 heavy (non-hydrogen) atoms. The largest absolute Gasteiger partial charge is 0.416 e. The second-order valence-corrected chi connectivity index (χ2v) is 8.32. The van der Waals surface area contributed by atoms with Crippen LogP contribution in [-0.4, -0.2) is 43.0 Å². The van der Waals surface area contributed by atoms with E-state index >= 15 is 0 Å². The minimum absolute atomic E-state index is 0.0394. The van der Waals surface area contributed by atoms with E-state index in [0.29, 0.717) is 23.0 Å². The number of rotatable bonds is 7. The van der Waals surface area contributed by atoms with E-state index in [9.17, 15) is 26.4 Å². The van der Waals surface area contributed by atoms with Gasteiger partial charge in [0.05, 0.1) is 34.5 Å². The Morgan fingerprint density at radius 2 is 1.77 bits per heavy atom. The second kappa shape index (κ2) is 8.54. The summed E-state index contributed by atoms with van der Waals surface area (Å²) in [6, 6.07) is 9.79. The minimum Gasteiger partial charge on any atom is -0.383 e. The molecule has 0 radical (unpaired) electrons. The molecule has 0 amide bonds. The van der Waals surface area contributed by atoms with Crippen molar-refractivity contribution in [2.45, 2.75) is 17.6 Å². The van der Waals surface area contributed by atoms with Gasteiger partial charge >= 0.3 is 6.18 Å². The first kappa shape index (κ1) is 21.9. The Labute approximate surface area is 170 Å². The van der Waals surface area contributed by atoms with Crippen LogP contribution in [0.3, 0.4) is 0 Å². The zero-order valence-corrected chi connectivity index (χ0v) is 16.6. The molecule has 0 atom stereocenters. The van der Waals surface area contributed by atoms with Crippen LogP contribution in [0.4, 0.5) is 13.2 Å². The Bertz CT molecular complexity index is 1190. The number of fused-ring (bicyclic) bond motifs is 1. The minimum atomic E-state index is -4.58. The van der Waals surface area contributed by atoms with Gasteiger partial charge in [0.15, 0.2) is 0 Å². The molecule has 2 aromatic carbocycles. The van der Waals surface area contributed by atoms with Crippen molar-refractivity contribution in [3.8, 4) is 0 Å². The van der Waals surface area contributed by atoms with E-state index in [2.05, 4.69) is 9.97 Å². The average Bonchev–Trinajstić information content (AvgIpc) is 2.70. The summed E-state index contributed by atoms with van der Waals surface area (Å²) < 4.78 is 70.3. The molecular weight excluding hydrogens is 423 g/mol. The molecule has 1 aromatic heterocycles. The summed E-state index contributed by atoms with van der Waals surface area (Å²) >= 11 is 0. The lowest BCUT2D eigenvalue weighted by Crippen LogP contribution is -2.34. The van der Waals surface area contributed by atoms with Gasteiger partial charge in [0.25, 0.3) is 5.56 Å². The highest BCUT2D eigenvalue weighted by Crippen LogP contribution is 2.30. The van der Waals surface area contributed by atoms with Gasteiger partial charge in [-0.1, -0.05) is 12.1 Å². The van der Waals surface area contributed by atoms with Crippen LogP contribution < -0.4 is 5.56 Å². The lowest BCUT2D eigenvalue weighted by Gasteiger charge is -2.22. The number of aromatic nitrogens is 2. The highest BCUT2D eigenvalue weighted by atomic mass is 32.2. The highest BCUT2D eigenvalue weighted by Gasteiger charge is 2.32. The van der Waals surface area contributed by atoms with Crippen molar-refractivity contribution in [3.05, 3.63) is 70.3 Å². The molecule has 0 saturated carbocycles. The van der Waals surface area contributed by atoms with Crippen molar-refractivity contribution in [1.82, 2.24) is 14.3 Å². The SMILES string of the molecule is COCCN(Cc1nc2ccccc2c(=O)[nH]1)S(=O)(=O)c1ccc(C(F)(F)F)cc1. The summed E-state index contributed by atoms with van der Waals surface area (Å²) in [6.45, 7) is -0.332. The third-order valence-corrected chi connectivity index (χ3v) is 6.21. The number of sulfonamides is 1. The Morgan fingerprint density at radius 1 is 1.10 bits per heavy atom. The van der Waals surface area contributed by atoms with Gasteiger partial charge in [0, 0.05) is 13.7 Å². The second-order valence-electron chi connectivity index (χ2n) is 6.38. The lowest BCUT2D eigenvalue weighted by molar-refractivity contribution is -0.137. The molecule has 160 valence electrons. The van der Waals surface area contributed by atoms with Crippen LogP contribution in [0.25, 0.3) is 10.9 Å². The molecule has 11 heteroatoms. The molecule has 0 aliphatic carbocycles. The Balaban J connectivity index is 1.96. The Kier molecular flexibility index (Phi) is 6.25. The number of ether oxygens (including phenoxy) is 1. The van der Waals surface area contributed by atoms with E-state index < -0.39 is 27.3 Å². The number of halogens is 3. The molecule has 3 aromatic rings. The van der Waals surface area contributed by atoms with Gasteiger partial charge in [-0.05, 0) is 36.4 Å². The molecule has 1 N–H and O–H groups in total. The molecule has 0 aliphatic heterocycles. The van der Waals surface area contributed by atoms with E-state index in [1.807, 2.05) is 0 Å². The third kappa shape index (κ3) is 4.69. The number of nitrogens with one attached hydrogen (secondary N) is 1. The number of nitrogens with zero attached hydrogens (tertiary/aromatic N) is 2. The van der Waals surface area contributed by atoms with Crippen molar-refractivity contribution in [1.29, 1.82) is 0 Å². The van der Waals surface area contributed by atoms with Crippen LogP contribution in [0.2, 0.25) is 0 Å². The molecule has 7 nitrogen and oxygen atoms in total. The normalized spacial score (nSPS) is 12.6. The smallest absolute Gasteiger partial charge is 0.383 e. The Morgan fingerprint density at radius 3 is 2.40 bits per heavy atom. The summed E-state index contributed by atoms with van der Waals surface area (Å²) in [7, 11) is -2.79. The van der Waals surface area contributed by atoms with Gasteiger partial charge < -0.3 is 9.72 Å². The van der Waals surface area contributed by atoms with Crippen LogP contribution >= 0.6 is 0 Å². The highest BCUT2D eigenvalue weighted by molar-refractivity contribution is 7.89. The first-order valence-corrected chi connectivity index (χ1v) is 10.2. The fourth-order valence-corrected chi connectivity index (χ4v) is 4.20. The van der Waals surface area contributed by atoms with E-state index in [1.54, 1.807) is 24.3 Å². The van der Waals surface area contributed by atoms with Gasteiger partial charge in [0.2, 0.25) is 10.0 Å². The molecule has 0 fully saturated rings. The fourth-order valence-electron chi connectivity index (χ4n) is 2.82. The molecular formula is C19H18F3N3O4S. The van der Waals surface area contributed by atoms with Gasteiger partial charge in [-0.2, -0.15) is 17.5 Å². The molecule has 3 rings (SSSR count). The van der Waals surface area contributed by atoms with Crippen molar-refractivity contribution in [2.24, 2.45) is 0 Å². The standard InChI is InChI=1S/C19H18F3N3O4S/c1-29-11-10-25(12-17-23-16-5-3-2-4-15(16)18(26)24-17)30(27,28)14-8-6-13(7-9-14)19(20,21)22/h2-9H,10-12H2,1H3,(H,23,24,26). The topological polar surface area (TPSA) is 92.4 Å². The van der Waals surface area contributed by atoms with E-state index in [4.69, 9.17) is 4.74 Å². The molecule has 0 saturated heterocycles. The third-order valence-electron chi connectivity index (χ3n) is 4.35. The van der Waals surface area contributed by atoms with Crippen molar-refractivity contribution in [2.75, 3.05) is 20.3 Å². The van der Waals surface area contributed by atoms with Crippen LogP contribution in [0.1, 0.15) is 11.4 Å². The van der Waals surface area contributed by atoms with Gasteiger partial charge in [-0.25, -0.2) is 13.4 Å². The summed E-state index contributed by atoms with van der Waals surface area (Å²) in [5, 5.41) is 0.357. The summed E-state index contributed by atoms with van der Waals surface area (Å²) in [5.41, 5.74) is -0.977. The number of hydrogen-bond acceptors (Lipinski definition) is 5. The molecule has 0 aliphatic rings. The number of alkyl halides is 3. The van der Waals surface area contributed by atoms with Gasteiger partial charge in [-0.3, -0.25) is 4.79 Å². The fraction of sp³-hybridized carbons (Fsp3) is 0.263. The van der Waals surface area contributed by atoms with E-state index in [0.717, 1.165) is 16.4 Å². The maximum Gasteiger partial charge on any atom is 0.416 e. The number of H-pyrrole nitrogens is 1. The van der Waals surface area contributed by atoms with Crippen molar-refractivity contribution < 1.29 is 26.3 Å². The first-order valence-electron chi connectivity index (χ1n) is 8.77. The summed E-state index contributed by atoms with van der Waals surface area (Å²) in [4.78, 5) is 18.8. The first-order chi connectivity index (χ1) is 14.1. The number of methoxy groups -OCH3 is 1. The van der Waals surface area contributed by atoms with E-state index in [-0.39, 0.29) is 30.4 Å². The quantitative estimate of drug-likeness (QED) is 0.609. The summed E-state index contributed by atoms with van der Waals surface area (Å²) in [5.74, 6) is 0.102. The van der Waals surface area contributed by atoms with Crippen molar-refractivity contribution >= 4 is 20.9 Å². The number of para-hydroxylation sites is 1.